The first kappa shape index (κ1) is 16.0. The number of hydrogen-bond acceptors (Lipinski definition) is 3. The van der Waals surface area contributed by atoms with Gasteiger partial charge in [-0.05, 0) is 12.0 Å². The van der Waals surface area contributed by atoms with Crippen LogP contribution in [0.5, 0.6) is 0 Å². The summed E-state index contributed by atoms with van der Waals surface area (Å²) in [6.45, 7) is 2.93. The number of unbranched alkanes of at least 4 members (excludes halogenated alkanes) is 1. The molecule has 1 saturated heterocycles. The molecule has 0 aliphatic carbocycles. The van der Waals surface area contributed by atoms with Crippen LogP contribution in [0.15, 0.2) is 30.3 Å². The van der Waals surface area contributed by atoms with Crippen LogP contribution in [0.2, 0.25) is 0 Å². The Morgan fingerprint density at radius 2 is 2.00 bits per heavy atom. The molecule has 1 atom stereocenters. The number of carbonyl (C=O) groups is 1. The lowest BCUT2D eigenvalue weighted by molar-refractivity contribution is -0.128. The van der Waals surface area contributed by atoms with Crippen LogP contribution in [0, 0.1) is 0 Å². The third-order valence-corrected chi connectivity index (χ3v) is 5.06. The summed E-state index contributed by atoms with van der Waals surface area (Å²) >= 11 is 0. The molecule has 1 fully saturated rings. The number of likely N-dealkylation sites (tertiary alicyclic amines) is 1. The van der Waals surface area contributed by atoms with Crippen molar-refractivity contribution in [3.05, 3.63) is 35.9 Å². The Hall–Kier alpha value is -1.40. The van der Waals surface area contributed by atoms with Gasteiger partial charge in [0.25, 0.3) is 0 Å². The van der Waals surface area contributed by atoms with Gasteiger partial charge in [0, 0.05) is 25.6 Å². The zero-order valence-electron chi connectivity index (χ0n) is 12.3. The summed E-state index contributed by atoms with van der Waals surface area (Å²) in [7, 11) is -3.28. The summed E-state index contributed by atoms with van der Waals surface area (Å²) in [6, 6.07) is 9.42. The van der Waals surface area contributed by atoms with Gasteiger partial charge in [-0.25, -0.2) is 13.1 Å². The van der Waals surface area contributed by atoms with Gasteiger partial charge in [0.05, 0.1) is 5.75 Å². The molecule has 1 aromatic rings. The Morgan fingerprint density at radius 3 is 2.67 bits per heavy atom. The van der Waals surface area contributed by atoms with Gasteiger partial charge < -0.3 is 4.90 Å². The Balaban J connectivity index is 1.90. The van der Waals surface area contributed by atoms with E-state index >= 15 is 0 Å². The lowest BCUT2D eigenvalue weighted by atomic mass is 10.2. The van der Waals surface area contributed by atoms with E-state index in [2.05, 4.69) is 4.72 Å². The first-order chi connectivity index (χ1) is 10.00. The lowest BCUT2D eigenvalue weighted by Crippen LogP contribution is -2.38. The molecule has 0 radical (unpaired) electrons. The second-order valence-electron chi connectivity index (χ2n) is 5.45. The normalized spacial score (nSPS) is 19.2. The van der Waals surface area contributed by atoms with Gasteiger partial charge in [0.2, 0.25) is 15.9 Å². The van der Waals surface area contributed by atoms with E-state index in [-0.39, 0.29) is 24.1 Å². The fraction of sp³-hybridized carbons (Fsp3) is 0.533. The summed E-state index contributed by atoms with van der Waals surface area (Å²) in [4.78, 5) is 13.7. The number of nitrogens with zero attached hydrogens (tertiary/aromatic N) is 1. The van der Waals surface area contributed by atoms with Crippen molar-refractivity contribution in [2.75, 3.05) is 12.3 Å². The molecule has 1 N–H and O–H groups in total. The van der Waals surface area contributed by atoms with Gasteiger partial charge in [0.15, 0.2) is 0 Å². The van der Waals surface area contributed by atoms with Gasteiger partial charge in [-0.1, -0.05) is 43.7 Å². The number of nitrogens with one attached hydrogen (secondary N) is 1. The molecule has 5 nitrogen and oxygen atoms in total. The number of benzene rings is 1. The molecule has 21 heavy (non-hydrogen) atoms. The van der Waals surface area contributed by atoms with Crippen LogP contribution in [-0.2, 0) is 21.4 Å². The van der Waals surface area contributed by atoms with Crippen molar-refractivity contribution >= 4 is 15.9 Å². The average Bonchev–Trinajstić information content (AvgIpc) is 2.77. The third kappa shape index (κ3) is 4.82. The van der Waals surface area contributed by atoms with Crippen LogP contribution in [0.25, 0.3) is 0 Å². The Bertz CT molecular complexity index is 572. The largest absolute Gasteiger partial charge is 0.337 e. The first-order valence-corrected chi connectivity index (χ1v) is 8.97. The van der Waals surface area contributed by atoms with Crippen molar-refractivity contribution in [1.29, 1.82) is 0 Å². The van der Waals surface area contributed by atoms with Crippen molar-refractivity contribution in [2.45, 2.75) is 38.8 Å². The van der Waals surface area contributed by atoms with Gasteiger partial charge in [-0.3, -0.25) is 4.79 Å². The third-order valence-electron chi connectivity index (χ3n) is 3.54. The van der Waals surface area contributed by atoms with Crippen LogP contribution in [0.4, 0.5) is 0 Å². The molecule has 0 saturated carbocycles. The minimum atomic E-state index is -3.28. The summed E-state index contributed by atoms with van der Waals surface area (Å²) in [6.07, 6.45) is 1.73. The average molecular weight is 310 g/mol. The molecule has 1 aromatic carbocycles. The van der Waals surface area contributed by atoms with Crippen LogP contribution in [-0.4, -0.2) is 37.6 Å². The quantitative estimate of drug-likeness (QED) is 0.830. The highest BCUT2D eigenvalue weighted by Crippen LogP contribution is 2.16. The second kappa shape index (κ2) is 7.04. The first-order valence-electron chi connectivity index (χ1n) is 7.32. The van der Waals surface area contributed by atoms with E-state index in [4.69, 9.17) is 0 Å². The molecule has 0 aromatic heterocycles. The zero-order valence-corrected chi connectivity index (χ0v) is 13.1. The van der Waals surface area contributed by atoms with Crippen LogP contribution in [0.1, 0.15) is 31.7 Å². The second-order valence-corrected chi connectivity index (χ2v) is 7.32. The molecular weight excluding hydrogens is 288 g/mol. The van der Waals surface area contributed by atoms with Crippen molar-refractivity contribution in [3.8, 4) is 0 Å². The number of hydrogen-bond donors (Lipinski definition) is 1. The number of rotatable bonds is 7. The fourth-order valence-corrected chi connectivity index (χ4v) is 3.91. The highest BCUT2D eigenvalue weighted by molar-refractivity contribution is 7.89. The van der Waals surface area contributed by atoms with Crippen molar-refractivity contribution < 1.29 is 13.2 Å². The lowest BCUT2D eigenvalue weighted by Gasteiger charge is -2.17. The van der Waals surface area contributed by atoms with Crippen LogP contribution >= 0.6 is 0 Å². The van der Waals surface area contributed by atoms with E-state index in [0.717, 1.165) is 12.0 Å². The number of sulfonamides is 1. The summed E-state index contributed by atoms with van der Waals surface area (Å²) in [5, 5.41) is 0. The van der Waals surface area contributed by atoms with E-state index in [1.807, 2.05) is 37.3 Å². The van der Waals surface area contributed by atoms with Crippen LogP contribution < -0.4 is 4.72 Å². The van der Waals surface area contributed by atoms with Crippen LogP contribution in [0.3, 0.4) is 0 Å². The van der Waals surface area contributed by atoms with Crippen molar-refractivity contribution in [1.82, 2.24) is 9.62 Å². The van der Waals surface area contributed by atoms with E-state index in [1.54, 1.807) is 4.90 Å². The predicted octanol–water partition coefficient (Wildman–Crippen LogP) is 1.51. The summed E-state index contributed by atoms with van der Waals surface area (Å²) < 4.78 is 26.4. The molecule has 116 valence electrons. The molecule has 1 aliphatic rings. The van der Waals surface area contributed by atoms with E-state index in [0.29, 0.717) is 19.5 Å². The zero-order chi connectivity index (χ0) is 15.3. The molecular formula is C15H22N2O3S. The molecule has 1 aliphatic heterocycles. The standard InChI is InChI=1S/C15H22N2O3S/c1-2-3-9-21(19,20)16-14-10-15(18)17(12-14)11-13-7-5-4-6-8-13/h4-8,14,16H,2-3,9-12H2,1H3/t14-/m0/s1. The molecule has 0 spiro atoms. The van der Waals surface area contributed by atoms with Gasteiger partial charge in [0.1, 0.15) is 0 Å². The monoisotopic (exact) mass is 310 g/mol. The topological polar surface area (TPSA) is 66.5 Å². The van der Waals surface area contributed by atoms with Crippen molar-refractivity contribution in [3.63, 3.8) is 0 Å². The molecule has 1 heterocycles. The minimum absolute atomic E-state index is 0.00189. The van der Waals surface area contributed by atoms with E-state index in [9.17, 15) is 13.2 Å². The molecule has 6 heteroatoms. The smallest absolute Gasteiger partial charge is 0.224 e. The number of carbonyl (C=O) groups excluding carboxylic acids is 1. The minimum Gasteiger partial charge on any atom is -0.337 e. The molecule has 1 amide bonds. The summed E-state index contributed by atoms with van der Waals surface area (Å²) in [5.41, 5.74) is 1.06. The Labute approximate surface area is 126 Å². The fourth-order valence-electron chi connectivity index (χ4n) is 2.45. The van der Waals surface area contributed by atoms with Crippen molar-refractivity contribution in [2.24, 2.45) is 0 Å². The molecule has 0 bridgehead atoms. The SMILES string of the molecule is CCCCS(=O)(=O)N[C@H]1CC(=O)N(Cc2ccccc2)C1. The molecule has 2 rings (SSSR count). The van der Waals surface area contributed by atoms with Gasteiger partial charge in [-0.15, -0.1) is 0 Å². The highest BCUT2D eigenvalue weighted by Gasteiger charge is 2.31. The Kier molecular flexibility index (Phi) is 5.36. The van der Waals surface area contributed by atoms with E-state index < -0.39 is 10.0 Å². The summed E-state index contributed by atoms with van der Waals surface area (Å²) in [5.74, 6) is 0.134. The van der Waals surface area contributed by atoms with Gasteiger partial charge >= 0.3 is 0 Å². The van der Waals surface area contributed by atoms with E-state index in [1.165, 1.54) is 0 Å². The number of amides is 1. The molecule has 0 unspecified atom stereocenters. The maximum atomic E-state index is 12.0. The predicted molar refractivity (Wildman–Crippen MR) is 82.1 cm³/mol. The maximum absolute atomic E-state index is 12.0. The highest BCUT2D eigenvalue weighted by atomic mass is 32.2. The Morgan fingerprint density at radius 1 is 1.29 bits per heavy atom. The maximum Gasteiger partial charge on any atom is 0.224 e. The van der Waals surface area contributed by atoms with Gasteiger partial charge in [-0.2, -0.15) is 0 Å².